The fourth-order valence-corrected chi connectivity index (χ4v) is 15.5. The van der Waals surface area contributed by atoms with Gasteiger partial charge in [-0.3, -0.25) is 9.48 Å². The molecule has 0 N–H and O–H groups in total. The molecule has 608 valence electrons. The van der Waals surface area contributed by atoms with E-state index >= 15 is 0 Å². The molecule has 2 aliphatic heterocycles. The van der Waals surface area contributed by atoms with Crippen LogP contribution < -0.4 is 0 Å². The van der Waals surface area contributed by atoms with Crippen LogP contribution in [0.1, 0.15) is 345 Å². The Labute approximate surface area is 658 Å². The number of nitrogens with zero attached hydrogens (tertiary/aromatic N) is 6. The van der Waals surface area contributed by atoms with Crippen molar-refractivity contribution >= 4 is 29.0 Å². The molecule has 4 heterocycles. The fraction of sp³-hybridized carbons (Fsp3) is 0.851. The van der Waals surface area contributed by atoms with E-state index in [0.29, 0.717) is 59.9 Å². The van der Waals surface area contributed by atoms with Gasteiger partial charge in [-0.15, -0.1) is 16.4 Å². The van der Waals surface area contributed by atoms with Crippen molar-refractivity contribution in [3.05, 3.63) is 74.5 Å². The SMILES string of the molecule is C/C(=C\CC(C)C)CCC(C)C.CC(C)CC(=O)N1CCC(C(C)C)C1.CC(C)CCCSCC(C)C.CC(C)CCN1CCC(C(C)C)C1.CC(C)COC1CCC(C(C)C)C1.CC(C)Cc1cn(CC(C)C)nn1.CC(C)Cc1csc(CC(C)C)n1.CC(C)c1cccc2c1CC(C(C)C)C2. The van der Waals surface area contributed by atoms with E-state index in [2.05, 4.69) is 296 Å². The Hall–Kier alpha value is -2.53. The Morgan fingerprint density at radius 1 is 0.577 bits per heavy atom. The Morgan fingerprint density at radius 2 is 1.15 bits per heavy atom. The minimum Gasteiger partial charge on any atom is -0.378 e. The quantitative estimate of drug-likeness (QED) is 0.0455. The van der Waals surface area contributed by atoms with Gasteiger partial charge in [0.15, 0.2) is 0 Å². The molecule has 0 spiro atoms. The molecule has 4 aliphatic rings. The Kier molecular flexibility index (Phi) is 56.1. The Bertz CT molecular complexity index is 2420. The molecule has 5 atom stereocenters. The third-order valence-electron chi connectivity index (χ3n) is 20.4. The van der Waals surface area contributed by atoms with Crippen LogP contribution in [0.3, 0.4) is 0 Å². The minimum absolute atomic E-state index is 0.350. The first-order valence-electron chi connectivity index (χ1n) is 43.4. The molecule has 3 aromatic rings. The zero-order valence-corrected chi connectivity index (χ0v) is 76.9. The van der Waals surface area contributed by atoms with Gasteiger partial charge in [0.2, 0.25) is 5.91 Å². The molecule has 2 aliphatic carbocycles. The maximum Gasteiger partial charge on any atom is 0.222 e. The smallest absolute Gasteiger partial charge is 0.222 e. The van der Waals surface area contributed by atoms with Crippen LogP contribution in [0.4, 0.5) is 0 Å². The van der Waals surface area contributed by atoms with Gasteiger partial charge in [-0.25, -0.2) is 4.98 Å². The number of benzene rings is 1. The molecule has 1 saturated carbocycles. The van der Waals surface area contributed by atoms with E-state index in [1.165, 1.54) is 125 Å². The van der Waals surface area contributed by atoms with Crippen molar-refractivity contribution in [1.82, 2.24) is 29.8 Å². The molecule has 7 rings (SSSR count). The van der Waals surface area contributed by atoms with Crippen molar-refractivity contribution in [2.75, 3.05) is 50.8 Å². The highest BCUT2D eigenvalue weighted by Gasteiger charge is 2.30. The van der Waals surface area contributed by atoms with Crippen molar-refractivity contribution in [1.29, 1.82) is 0 Å². The van der Waals surface area contributed by atoms with Gasteiger partial charge in [-0.1, -0.05) is 263 Å². The van der Waals surface area contributed by atoms with Crippen molar-refractivity contribution in [2.45, 2.75) is 356 Å². The summed E-state index contributed by atoms with van der Waals surface area (Å²) in [4.78, 5) is 21.0. The number of thiazole rings is 1. The first-order chi connectivity index (χ1) is 48.6. The zero-order chi connectivity index (χ0) is 79.3. The maximum absolute atomic E-state index is 11.7. The van der Waals surface area contributed by atoms with Crippen LogP contribution in [0.15, 0.2) is 41.4 Å². The number of hydrogen-bond acceptors (Lipinski definition) is 8. The molecular formula is C94H178N6O2S2. The standard InChI is InChI=1S/C15H22.C12H23NO.C12H25N.C12H24O.C12H24.C11H19NS.C10H19N3.C10H22S/c1-10(2)13-8-12-6-5-7-14(11(3)4)15(12)9-13;1-9(2)7-12(14)13-6-5-11(8-13)10(3)4;1-10(2)5-7-13-8-6-12(9-13)11(3)4;1-9(2)8-13-12-6-5-11(7-12)10(3)4;1-10(2)6-8-12(5)9-7-11(3)4;1-8(2)5-10-7-13-11(12-10)6-9(3)4;1-8(2)5-10-7-13(12-11-10)6-9(3)4;1-9(2)6-5-7-11-8-10(3)4/h5-7,10-11,13H,8-9H2,1-4H3;9-11H,5-8H2,1-4H3;10-12H,5-9H2,1-4H3;9-12H,5-8H2,1-4H3;8,10-11H,6-7,9H2,1-5H3;2*7-9H,5-6H2,1-4H3;9-10H,5-8H2,1-4H3/b;;;;12-8+;;;. The van der Waals surface area contributed by atoms with Gasteiger partial charge >= 0.3 is 0 Å². The number of thioether (sulfide) groups is 1. The normalized spacial score (nSPS) is 18.3. The third kappa shape index (κ3) is 51.8. The molecule has 8 nitrogen and oxygen atoms in total. The summed E-state index contributed by atoms with van der Waals surface area (Å²) in [7, 11) is 0. The van der Waals surface area contributed by atoms with Gasteiger partial charge in [0.05, 0.1) is 22.5 Å². The van der Waals surface area contributed by atoms with E-state index < -0.39 is 0 Å². The number of fused-ring (bicyclic) bond motifs is 1. The predicted octanol–water partition coefficient (Wildman–Crippen LogP) is 27.1. The monoisotopic (exact) mass is 1490 g/mol. The number of allylic oxidation sites excluding steroid dienone is 2. The molecule has 1 aromatic carbocycles. The Balaban J connectivity index is 0.00000117. The number of likely N-dealkylation sites (tertiary alicyclic amines) is 2. The third-order valence-corrected chi connectivity index (χ3v) is 22.8. The van der Waals surface area contributed by atoms with Gasteiger partial charge in [0.1, 0.15) is 0 Å². The largest absolute Gasteiger partial charge is 0.378 e. The van der Waals surface area contributed by atoms with Crippen LogP contribution in [0.5, 0.6) is 0 Å². The molecule has 1 amide bonds. The number of ether oxygens (including phenoxy) is 1. The van der Waals surface area contributed by atoms with Crippen LogP contribution in [-0.4, -0.2) is 92.6 Å². The van der Waals surface area contributed by atoms with E-state index in [1.807, 2.05) is 20.9 Å². The summed E-state index contributed by atoms with van der Waals surface area (Å²) in [6.45, 7) is 82.6. The topological polar surface area (TPSA) is 76.4 Å². The highest BCUT2D eigenvalue weighted by molar-refractivity contribution is 7.99. The van der Waals surface area contributed by atoms with Gasteiger partial charge in [0, 0.05) is 57.2 Å². The van der Waals surface area contributed by atoms with E-state index in [-0.39, 0.29) is 0 Å². The summed E-state index contributed by atoms with van der Waals surface area (Å²) < 4.78 is 7.78. The van der Waals surface area contributed by atoms with Crippen LogP contribution in [-0.2, 0) is 48.2 Å². The summed E-state index contributed by atoms with van der Waals surface area (Å²) in [5.74, 6) is 18.6. The first kappa shape index (κ1) is 101. The van der Waals surface area contributed by atoms with Gasteiger partial charge in [-0.05, 0) is 256 Å². The lowest BCUT2D eigenvalue weighted by atomic mass is 9.91. The molecule has 2 saturated heterocycles. The number of aromatic nitrogens is 4. The molecule has 10 heteroatoms. The van der Waals surface area contributed by atoms with Crippen LogP contribution in [0.2, 0.25) is 0 Å². The number of rotatable bonds is 32. The number of carbonyl (C=O) groups is 1. The second kappa shape index (κ2) is 57.5. The van der Waals surface area contributed by atoms with Gasteiger partial charge < -0.3 is 14.5 Å². The van der Waals surface area contributed by atoms with Crippen LogP contribution in [0, 0.1) is 112 Å². The van der Waals surface area contributed by atoms with Crippen molar-refractivity contribution < 1.29 is 9.53 Å². The van der Waals surface area contributed by atoms with E-state index in [9.17, 15) is 4.79 Å². The second-order valence-corrected chi connectivity index (χ2v) is 40.8. The molecule has 2 aromatic heterocycles. The molecule has 3 fully saturated rings. The molecular weight excluding hydrogens is 1310 g/mol. The van der Waals surface area contributed by atoms with Crippen LogP contribution >= 0.6 is 23.1 Å². The minimum atomic E-state index is 0.350. The first-order valence-corrected chi connectivity index (χ1v) is 45.4. The van der Waals surface area contributed by atoms with Crippen molar-refractivity contribution in [2.24, 2.45) is 112 Å². The lowest BCUT2D eigenvalue weighted by molar-refractivity contribution is -0.131. The maximum atomic E-state index is 11.7. The zero-order valence-electron chi connectivity index (χ0n) is 75.3. The number of amides is 1. The average molecular weight is 1490 g/mol. The van der Waals surface area contributed by atoms with E-state index in [4.69, 9.17) is 4.74 Å². The molecule has 5 unspecified atom stereocenters. The molecule has 104 heavy (non-hydrogen) atoms. The predicted molar refractivity (Wildman–Crippen MR) is 467 cm³/mol. The highest BCUT2D eigenvalue weighted by Crippen LogP contribution is 2.37. The lowest BCUT2D eigenvalue weighted by Crippen LogP contribution is -2.30. The summed E-state index contributed by atoms with van der Waals surface area (Å²) in [6.07, 6.45) is 26.2. The van der Waals surface area contributed by atoms with Crippen molar-refractivity contribution in [3.8, 4) is 0 Å². The molecule has 0 radical (unpaired) electrons. The summed E-state index contributed by atoms with van der Waals surface area (Å²) >= 11 is 3.91. The average Bonchev–Trinajstić information content (AvgIpc) is 1.66. The highest BCUT2D eigenvalue weighted by atomic mass is 32.2. The second-order valence-electron chi connectivity index (χ2n) is 38.7. The number of hydrogen-bond donors (Lipinski definition) is 0. The fourth-order valence-electron chi connectivity index (χ4n) is 13.5. The molecule has 0 bridgehead atoms. The Morgan fingerprint density at radius 3 is 1.64 bits per heavy atom. The lowest BCUT2D eigenvalue weighted by Gasteiger charge is -2.19. The van der Waals surface area contributed by atoms with E-state index in [1.54, 1.807) is 22.3 Å². The van der Waals surface area contributed by atoms with E-state index in [0.717, 1.165) is 128 Å². The van der Waals surface area contributed by atoms with Gasteiger partial charge in [-0.2, -0.15) is 11.8 Å². The summed E-state index contributed by atoms with van der Waals surface area (Å²) in [5, 5.41) is 11.7. The van der Waals surface area contributed by atoms with Crippen molar-refractivity contribution in [3.63, 3.8) is 0 Å². The summed E-state index contributed by atoms with van der Waals surface area (Å²) in [5.41, 5.74) is 8.80. The number of carbonyl (C=O) groups excluding carboxylic acids is 1. The summed E-state index contributed by atoms with van der Waals surface area (Å²) in [6, 6.07) is 6.87. The van der Waals surface area contributed by atoms with Gasteiger partial charge in [0.25, 0.3) is 0 Å². The van der Waals surface area contributed by atoms with Crippen LogP contribution in [0.25, 0.3) is 0 Å².